The van der Waals surface area contributed by atoms with Crippen LogP contribution in [0.3, 0.4) is 0 Å². The van der Waals surface area contributed by atoms with E-state index in [1.165, 1.54) is 4.90 Å². The predicted octanol–water partition coefficient (Wildman–Crippen LogP) is 2.21. The number of amides is 3. The molecule has 24 heavy (non-hydrogen) atoms. The van der Waals surface area contributed by atoms with Gasteiger partial charge >= 0.3 is 0 Å². The topological polar surface area (TPSA) is 66.5 Å². The number of nitrogens with zero attached hydrogens (tertiary/aromatic N) is 1. The fourth-order valence-electron chi connectivity index (χ4n) is 3.44. The molecule has 1 saturated heterocycles. The molecule has 1 aliphatic carbocycles. The molecule has 0 spiro atoms. The van der Waals surface area contributed by atoms with Crippen LogP contribution in [-0.4, -0.2) is 29.2 Å². The molecule has 3 amide bonds. The predicted molar refractivity (Wildman–Crippen MR) is 89.7 cm³/mol. The molecule has 3 rings (SSSR count). The van der Waals surface area contributed by atoms with Crippen LogP contribution in [0.4, 0.5) is 0 Å². The Hall–Kier alpha value is -2.43. The molecule has 1 aromatic carbocycles. The second-order valence-corrected chi connectivity index (χ2v) is 6.43. The van der Waals surface area contributed by atoms with Crippen LogP contribution in [0.25, 0.3) is 0 Å². The number of nitrogens with one attached hydrogen (secondary N) is 1. The summed E-state index contributed by atoms with van der Waals surface area (Å²) in [6.07, 6.45) is 5.32. The Morgan fingerprint density at radius 2 is 1.71 bits per heavy atom. The van der Waals surface area contributed by atoms with Gasteiger partial charge in [0.25, 0.3) is 0 Å². The number of hydrogen-bond donors (Lipinski definition) is 1. The monoisotopic (exact) mass is 326 g/mol. The molecule has 1 N–H and O–H groups in total. The van der Waals surface area contributed by atoms with Crippen molar-refractivity contribution in [2.75, 3.05) is 6.54 Å². The number of benzene rings is 1. The highest BCUT2D eigenvalue weighted by Gasteiger charge is 2.46. The quantitative estimate of drug-likeness (QED) is 0.666. The van der Waals surface area contributed by atoms with Gasteiger partial charge in [0.15, 0.2) is 0 Å². The molecular formula is C19H22N2O3. The second kappa shape index (κ2) is 6.99. The summed E-state index contributed by atoms with van der Waals surface area (Å²) in [5, 5.41) is 2.91. The lowest BCUT2D eigenvalue weighted by molar-refractivity contribution is -0.140. The van der Waals surface area contributed by atoms with Crippen LogP contribution in [0.5, 0.6) is 0 Å². The third-order valence-corrected chi connectivity index (χ3v) is 4.84. The van der Waals surface area contributed by atoms with Gasteiger partial charge in [0.05, 0.1) is 17.9 Å². The zero-order chi connectivity index (χ0) is 17.1. The Labute approximate surface area is 141 Å². The van der Waals surface area contributed by atoms with E-state index in [0.717, 1.165) is 5.56 Å². The van der Waals surface area contributed by atoms with Gasteiger partial charge < -0.3 is 5.32 Å². The largest absolute Gasteiger partial charge is 0.350 e. The Bertz CT molecular complexity index is 642. The van der Waals surface area contributed by atoms with E-state index in [2.05, 4.69) is 5.32 Å². The molecular weight excluding hydrogens is 304 g/mol. The molecule has 1 aromatic rings. The van der Waals surface area contributed by atoms with Gasteiger partial charge in [0.2, 0.25) is 17.7 Å². The van der Waals surface area contributed by atoms with Crippen LogP contribution in [0, 0.1) is 11.8 Å². The van der Waals surface area contributed by atoms with E-state index in [9.17, 15) is 14.4 Å². The molecule has 2 aliphatic rings. The number of likely N-dealkylation sites (tertiary alicyclic amines) is 1. The lowest BCUT2D eigenvalue weighted by Crippen LogP contribution is -2.36. The highest BCUT2D eigenvalue weighted by Crippen LogP contribution is 2.34. The first-order valence-corrected chi connectivity index (χ1v) is 8.42. The summed E-state index contributed by atoms with van der Waals surface area (Å²) in [4.78, 5) is 38.1. The van der Waals surface area contributed by atoms with Crippen LogP contribution in [0.2, 0.25) is 0 Å². The van der Waals surface area contributed by atoms with Crippen LogP contribution < -0.4 is 5.32 Å². The standard InChI is InChI=1S/C19H22N2O3/c1-13(14-7-3-2-4-8-14)20-17(22)11-12-21-18(23)15-9-5-6-10-16(15)19(21)24/h2-8,13,15-16H,9-12H2,1H3,(H,20,22)/t13-,15+,16+/m0/s1. The average Bonchev–Trinajstić information content (AvgIpc) is 2.85. The maximum absolute atomic E-state index is 12.3. The van der Waals surface area contributed by atoms with Crippen molar-refractivity contribution < 1.29 is 14.4 Å². The molecule has 0 bridgehead atoms. The van der Waals surface area contributed by atoms with Gasteiger partial charge in [-0.25, -0.2) is 0 Å². The highest BCUT2D eigenvalue weighted by molar-refractivity contribution is 6.05. The van der Waals surface area contributed by atoms with Gasteiger partial charge in [0.1, 0.15) is 0 Å². The van der Waals surface area contributed by atoms with Crippen molar-refractivity contribution in [2.24, 2.45) is 11.8 Å². The number of allylic oxidation sites excluding steroid dienone is 2. The van der Waals surface area contributed by atoms with Crippen molar-refractivity contribution >= 4 is 17.7 Å². The third kappa shape index (κ3) is 3.25. The van der Waals surface area contributed by atoms with Gasteiger partial charge in [-0.15, -0.1) is 0 Å². The minimum Gasteiger partial charge on any atom is -0.350 e. The molecule has 126 valence electrons. The summed E-state index contributed by atoms with van der Waals surface area (Å²) < 4.78 is 0. The van der Waals surface area contributed by atoms with E-state index in [-0.39, 0.29) is 48.6 Å². The lowest BCUT2D eigenvalue weighted by Gasteiger charge is -2.17. The zero-order valence-electron chi connectivity index (χ0n) is 13.8. The summed E-state index contributed by atoms with van der Waals surface area (Å²) >= 11 is 0. The van der Waals surface area contributed by atoms with E-state index in [4.69, 9.17) is 0 Å². The maximum Gasteiger partial charge on any atom is 0.233 e. The molecule has 0 radical (unpaired) electrons. The molecule has 1 aliphatic heterocycles. The van der Waals surface area contributed by atoms with Crippen molar-refractivity contribution in [2.45, 2.75) is 32.2 Å². The smallest absolute Gasteiger partial charge is 0.233 e. The average molecular weight is 326 g/mol. The van der Waals surface area contributed by atoms with E-state index in [0.29, 0.717) is 12.8 Å². The Morgan fingerprint density at radius 1 is 1.12 bits per heavy atom. The summed E-state index contributed by atoms with van der Waals surface area (Å²) in [5.41, 5.74) is 1.02. The molecule has 1 heterocycles. The van der Waals surface area contributed by atoms with Crippen molar-refractivity contribution in [3.05, 3.63) is 48.0 Å². The molecule has 1 fully saturated rings. The fourth-order valence-corrected chi connectivity index (χ4v) is 3.44. The van der Waals surface area contributed by atoms with Crippen LogP contribution in [0.1, 0.15) is 37.8 Å². The minimum atomic E-state index is -0.228. The molecule has 5 nitrogen and oxygen atoms in total. The van der Waals surface area contributed by atoms with Crippen molar-refractivity contribution in [1.29, 1.82) is 0 Å². The number of hydrogen-bond acceptors (Lipinski definition) is 3. The molecule has 5 heteroatoms. The first-order valence-electron chi connectivity index (χ1n) is 8.42. The maximum atomic E-state index is 12.3. The molecule has 0 saturated carbocycles. The lowest BCUT2D eigenvalue weighted by atomic mass is 9.85. The summed E-state index contributed by atoms with van der Waals surface area (Å²) in [6, 6.07) is 9.59. The number of imide groups is 1. The first-order chi connectivity index (χ1) is 11.6. The summed E-state index contributed by atoms with van der Waals surface area (Å²) in [7, 11) is 0. The fraction of sp³-hybridized carbons (Fsp3) is 0.421. The Kier molecular flexibility index (Phi) is 4.79. The van der Waals surface area contributed by atoms with Gasteiger partial charge in [-0.3, -0.25) is 19.3 Å². The molecule has 3 atom stereocenters. The molecule has 0 aromatic heterocycles. The number of fused-ring (bicyclic) bond motifs is 1. The third-order valence-electron chi connectivity index (χ3n) is 4.84. The summed E-state index contributed by atoms with van der Waals surface area (Å²) in [5.74, 6) is -0.862. The van der Waals surface area contributed by atoms with Crippen molar-refractivity contribution in [1.82, 2.24) is 10.2 Å². The van der Waals surface area contributed by atoms with Gasteiger partial charge in [-0.05, 0) is 25.3 Å². The summed E-state index contributed by atoms with van der Waals surface area (Å²) in [6.45, 7) is 2.08. The van der Waals surface area contributed by atoms with Gasteiger partial charge in [0, 0.05) is 13.0 Å². The van der Waals surface area contributed by atoms with E-state index in [1.54, 1.807) is 0 Å². The Morgan fingerprint density at radius 3 is 2.29 bits per heavy atom. The van der Waals surface area contributed by atoms with Crippen molar-refractivity contribution in [3.63, 3.8) is 0 Å². The van der Waals surface area contributed by atoms with E-state index in [1.807, 2.05) is 49.4 Å². The van der Waals surface area contributed by atoms with E-state index < -0.39 is 0 Å². The molecule has 0 unspecified atom stereocenters. The highest BCUT2D eigenvalue weighted by atomic mass is 16.2. The Balaban J connectivity index is 1.53. The SMILES string of the molecule is C[C@H](NC(=O)CCN1C(=O)[C@@H]2CC=CC[C@H]2C1=O)c1ccccc1. The normalized spacial score (nSPS) is 24.0. The first kappa shape index (κ1) is 16.4. The number of carbonyl (C=O) groups excluding carboxylic acids is 3. The van der Waals surface area contributed by atoms with E-state index >= 15 is 0 Å². The zero-order valence-corrected chi connectivity index (χ0v) is 13.8. The second-order valence-electron chi connectivity index (χ2n) is 6.43. The number of carbonyl (C=O) groups is 3. The van der Waals surface area contributed by atoms with Crippen molar-refractivity contribution in [3.8, 4) is 0 Å². The van der Waals surface area contributed by atoms with Crippen LogP contribution in [0.15, 0.2) is 42.5 Å². The minimum absolute atomic E-state index is 0.101. The van der Waals surface area contributed by atoms with Gasteiger partial charge in [-0.1, -0.05) is 42.5 Å². The van der Waals surface area contributed by atoms with Gasteiger partial charge in [-0.2, -0.15) is 0 Å². The van der Waals surface area contributed by atoms with Crippen LogP contribution in [-0.2, 0) is 14.4 Å². The van der Waals surface area contributed by atoms with Crippen LogP contribution >= 0.6 is 0 Å². The number of rotatable bonds is 5.